The van der Waals surface area contributed by atoms with Gasteiger partial charge in [-0.05, 0) is 35.4 Å². The number of amides is 2. The number of carbonyl (C=O) groups is 2. The highest BCUT2D eigenvalue weighted by Crippen LogP contribution is 2.26. The molecular formula is C24H21FN2O2. The molecule has 0 aliphatic carbocycles. The van der Waals surface area contributed by atoms with Gasteiger partial charge < -0.3 is 10.2 Å². The van der Waals surface area contributed by atoms with Crippen molar-refractivity contribution >= 4 is 17.5 Å². The van der Waals surface area contributed by atoms with Gasteiger partial charge in [-0.3, -0.25) is 9.59 Å². The second-order valence-corrected chi connectivity index (χ2v) is 7.14. The topological polar surface area (TPSA) is 49.4 Å². The van der Waals surface area contributed by atoms with Crippen LogP contribution in [0.15, 0.2) is 84.9 Å². The molecule has 4 rings (SSSR count). The van der Waals surface area contributed by atoms with Crippen molar-refractivity contribution in [1.82, 2.24) is 5.32 Å². The highest BCUT2D eigenvalue weighted by atomic mass is 19.1. The van der Waals surface area contributed by atoms with Gasteiger partial charge in [0.05, 0.1) is 12.0 Å². The Bertz CT molecular complexity index is 951. The van der Waals surface area contributed by atoms with E-state index in [1.54, 1.807) is 17.0 Å². The molecule has 0 bridgehead atoms. The number of halogens is 1. The molecule has 3 aromatic rings. The summed E-state index contributed by atoms with van der Waals surface area (Å²) in [6.45, 7) is 0.368. The van der Waals surface area contributed by atoms with Gasteiger partial charge in [-0.2, -0.15) is 0 Å². The van der Waals surface area contributed by atoms with Crippen molar-refractivity contribution in [1.29, 1.82) is 0 Å². The summed E-state index contributed by atoms with van der Waals surface area (Å²) in [5, 5.41) is 3.04. The van der Waals surface area contributed by atoms with E-state index in [9.17, 15) is 14.0 Å². The summed E-state index contributed by atoms with van der Waals surface area (Å²) in [5.74, 6) is -1.02. The first kappa shape index (κ1) is 18.9. The number of anilines is 1. The first-order valence-corrected chi connectivity index (χ1v) is 9.58. The average molecular weight is 388 g/mol. The van der Waals surface area contributed by atoms with Gasteiger partial charge in [0.1, 0.15) is 5.82 Å². The Labute approximate surface area is 169 Å². The lowest BCUT2D eigenvalue weighted by Gasteiger charge is -2.21. The SMILES string of the molecule is O=C(N[C@@H]1CC(=O)N(c2ccc(F)cc2)C1)C(c1ccccc1)c1ccccc1. The molecule has 0 radical (unpaired) electrons. The Morgan fingerprint density at radius 2 is 1.45 bits per heavy atom. The largest absolute Gasteiger partial charge is 0.350 e. The van der Waals surface area contributed by atoms with Gasteiger partial charge >= 0.3 is 0 Å². The van der Waals surface area contributed by atoms with Crippen LogP contribution in [0.2, 0.25) is 0 Å². The monoisotopic (exact) mass is 388 g/mol. The van der Waals surface area contributed by atoms with Crippen molar-refractivity contribution in [2.24, 2.45) is 0 Å². The normalized spacial score (nSPS) is 16.3. The van der Waals surface area contributed by atoms with E-state index in [2.05, 4.69) is 5.32 Å². The molecule has 1 aliphatic rings. The summed E-state index contributed by atoms with van der Waals surface area (Å²) in [6.07, 6.45) is 0.222. The zero-order valence-corrected chi connectivity index (χ0v) is 15.8. The summed E-state index contributed by atoms with van der Waals surface area (Å²) >= 11 is 0. The fourth-order valence-corrected chi connectivity index (χ4v) is 3.75. The third-order valence-electron chi connectivity index (χ3n) is 5.14. The van der Waals surface area contributed by atoms with Crippen LogP contribution in [0.5, 0.6) is 0 Å². The molecule has 1 aliphatic heterocycles. The maximum atomic E-state index is 13.2. The maximum Gasteiger partial charge on any atom is 0.232 e. The van der Waals surface area contributed by atoms with Crippen molar-refractivity contribution in [3.05, 3.63) is 102 Å². The van der Waals surface area contributed by atoms with Gasteiger partial charge in [-0.25, -0.2) is 4.39 Å². The Hall–Kier alpha value is -3.47. The summed E-state index contributed by atoms with van der Waals surface area (Å²) in [5.41, 5.74) is 2.43. The highest BCUT2D eigenvalue weighted by molar-refractivity contribution is 5.97. The van der Waals surface area contributed by atoms with Gasteiger partial charge in [0.2, 0.25) is 11.8 Å². The van der Waals surface area contributed by atoms with Crippen molar-refractivity contribution in [3.8, 4) is 0 Å². The van der Waals surface area contributed by atoms with E-state index in [4.69, 9.17) is 0 Å². The molecule has 0 saturated carbocycles. The molecule has 1 heterocycles. The van der Waals surface area contributed by atoms with E-state index >= 15 is 0 Å². The molecule has 1 N–H and O–H groups in total. The van der Waals surface area contributed by atoms with Crippen LogP contribution in [0, 0.1) is 5.82 Å². The number of hydrogen-bond acceptors (Lipinski definition) is 2. The third kappa shape index (κ3) is 4.19. The number of benzene rings is 3. The lowest BCUT2D eigenvalue weighted by Crippen LogP contribution is -2.40. The zero-order valence-electron chi connectivity index (χ0n) is 15.8. The van der Waals surface area contributed by atoms with Crippen LogP contribution in [-0.2, 0) is 9.59 Å². The predicted molar refractivity (Wildman–Crippen MR) is 110 cm³/mol. The Balaban J connectivity index is 1.52. The minimum absolute atomic E-state index is 0.0853. The predicted octanol–water partition coefficient (Wildman–Crippen LogP) is 3.88. The second-order valence-electron chi connectivity index (χ2n) is 7.14. The van der Waals surface area contributed by atoms with Gasteiger partial charge in [0.25, 0.3) is 0 Å². The van der Waals surface area contributed by atoms with E-state index in [0.29, 0.717) is 12.2 Å². The lowest BCUT2D eigenvalue weighted by molar-refractivity contribution is -0.122. The van der Waals surface area contributed by atoms with Crippen LogP contribution in [0.3, 0.4) is 0 Å². The van der Waals surface area contributed by atoms with Crippen LogP contribution in [0.1, 0.15) is 23.5 Å². The molecule has 29 heavy (non-hydrogen) atoms. The van der Waals surface area contributed by atoms with Crippen LogP contribution in [0.4, 0.5) is 10.1 Å². The molecule has 4 nitrogen and oxygen atoms in total. The molecule has 0 aromatic heterocycles. The molecule has 146 valence electrons. The molecule has 1 fully saturated rings. The van der Waals surface area contributed by atoms with Crippen molar-refractivity contribution in [2.45, 2.75) is 18.4 Å². The van der Waals surface area contributed by atoms with Gasteiger partial charge in [0, 0.05) is 18.7 Å². The minimum Gasteiger partial charge on any atom is -0.350 e. The standard InChI is InChI=1S/C24H21FN2O2/c25-19-11-13-21(14-12-19)27-16-20(15-22(27)28)26-24(29)23(17-7-3-1-4-8-17)18-9-5-2-6-10-18/h1-14,20,23H,15-16H2,(H,26,29)/t20-/m1/s1. The first-order chi connectivity index (χ1) is 14.1. The molecule has 5 heteroatoms. The van der Waals surface area contributed by atoms with E-state index in [1.165, 1.54) is 12.1 Å². The molecular weight excluding hydrogens is 367 g/mol. The molecule has 2 amide bonds. The molecule has 3 aromatic carbocycles. The van der Waals surface area contributed by atoms with Gasteiger partial charge in [-0.15, -0.1) is 0 Å². The molecule has 1 atom stereocenters. The van der Waals surface area contributed by atoms with Crippen molar-refractivity contribution < 1.29 is 14.0 Å². The first-order valence-electron chi connectivity index (χ1n) is 9.58. The van der Waals surface area contributed by atoms with E-state index in [0.717, 1.165) is 11.1 Å². The Morgan fingerprint density at radius 3 is 2.00 bits per heavy atom. The van der Waals surface area contributed by atoms with Crippen LogP contribution in [0.25, 0.3) is 0 Å². The van der Waals surface area contributed by atoms with Gasteiger partial charge in [-0.1, -0.05) is 60.7 Å². The number of rotatable bonds is 5. The fraction of sp³-hybridized carbons (Fsp3) is 0.167. The van der Waals surface area contributed by atoms with E-state index < -0.39 is 5.92 Å². The van der Waals surface area contributed by atoms with E-state index in [1.807, 2.05) is 60.7 Å². The quantitative estimate of drug-likeness (QED) is 0.721. The summed E-state index contributed by atoms with van der Waals surface area (Å²) in [7, 11) is 0. The summed E-state index contributed by atoms with van der Waals surface area (Å²) in [4.78, 5) is 27.2. The maximum absolute atomic E-state index is 13.2. The zero-order chi connectivity index (χ0) is 20.2. The summed E-state index contributed by atoms with van der Waals surface area (Å²) in [6, 6.07) is 24.7. The average Bonchev–Trinajstić information content (AvgIpc) is 3.10. The second kappa shape index (κ2) is 8.27. The molecule has 0 unspecified atom stereocenters. The van der Waals surface area contributed by atoms with Crippen LogP contribution < -0.4 is 10.2 Å². The smallest absolute Gasteiger partial charge is 0.232 e. The summed E-state index contributed by atoms with van der Waals surface area (Å²) < 4.78 is 13.2. The number of nitrogens with zero attached hydrogens (tertiary/aromatic N) is 1. The van der Waals surface area contributed by atoms with Crippen LogP contribution >= 0.6 is 0 Å². The van der Waals surface area contributed by atoms with Crippen molar-refractivity contribution in [3.63, 3.8) is 0 Å². The number of nitrogens with one attached hydrogen (secondary N) is 1. The lowest BCUT2D eigenvalue weighted by atomic mass is 9.90. The van der Waals surface area contributed by atoms with Crippen LogP contribution in [-0.4, -0.2) is 24.4 Å². The Morgan fingerprint density at radius 1 is 0.897 bits per heavy atom. The number of carbonyl (C=O) groups excluding carboxylic acids is 2. The van der Waals surface area contributed by atoms with Crippen molar-refractivity contribution in [2.75, 3.05) is 11.4 Å². The molecule has 0 spiro atoms. The van der Waals surface area contributed by atoms with E-state index in [-0.39, 0.29) is 30.1 Å². The highest BCUT2D eigenvalue weighted by Gasteiger charge is 2.33. The molecule has 1 saturated heterocycles. The fourth-order valence-electron chi connectivity index (χ4n) is 3.75. The number of hydrogen-bond donors (Lipinski definition) is 1. The Kier molecular flexibility index (Phi) is 5.38. The minimum atomic E-state index is -0.452. The third-order valence-corrected chi connectivity index (χ3v) is 5.14. The van der Waals surface area contributed by atoms with Gasteiger partial charge in [0.15, 0.2) is 0 Å².